The summed E-state index contributed by atoms with van der Waals surface area (Å²) in [5.74, 6) is -2.39. The van der Waals surface area contributed by atoms with Crippen LogP contribution in [0.3, 0.4) is 0 Å². The van der Waals surface area contributed by atoms with E-state index in [9.17, 15) is 29.6 Å². The number of ketones is 1. The van der Waals surface area contributed by atoms with Crippen molar-refractivity contribution < 1.29 is 34.3 Å². The Hall–Kier alpha value is -4.21. The number of benzene rings is 2. The number of Topliss-reactive ketones (excluding diaryl/α,β-unsaturated/α-hetero) is 1. The Morgan fingerprint density at radius 2 is 1.68 bits per heavy atom. The standard InChI is InChI=1S/C24H24N2O8/c1-34-18-12-8-15(9-13-18)21-20(22(29)16-6-10-17(11-7-16)26(32)33)23(30)24(31)25(21)14-4-2-3-5-19(27)28/h6-13,21,29H,2-5,14H2,1H3,(H,27,28)/b22-20+/t21-/m0/s1. The molecule has 2 N–H and O–H groups in total. The quantitative estimate of drug-likeness (QED) is 0.134. The summed E-state index contributed by atoms with van der Waals surface area (Å²) in [6.45, 7) is 0.192. The number of aliphatic hydroxyl groups excluding tert-OH is 1. The number of carbonyl (C=O) groups is 3. The van der Waals surface area contributed by atoms with E-state index in [2.05, 4.69) is 0 Å². The van der Waals surface area contributed by atoms with Gasteiger partial charge in [-0.05, 0) is 42.7 Å². The number of carbonyl (C=O) groups excluding carboxylic acids is 2. The largest absolute Gasteiger partial charge is 0.507 e. The van der Waals surface area contributed by atoms with E-state index in [1.54, 1.807) is 24.3 Å². The normalized spacial score (nSPS) is 17.1. The first-order chi connectivity index (χ1) is 16.2. The summed E-state index contributed by atoms with van der Waals surface area (Å²) in [5, 5.41) is 30.7. The third-order valence-corrected chi connectivity index (χ3v) is 5.61. The molecular formula is C24H24N2O8. The van der Waals surface area contributed by atoms with Gasteiger partial charge in [-0.15, -0.1) is 0 Å². The highest BCUT2D eigenvalue weighted by Crippen LogP contribution is 2.40. The minimum Gasteiger partial charge on any atom is -0.507 e. The lowest BCUT2D eigenvalue weighted by atomic mass is 9.95. The summed E-state index contributed by atoms with van der Waals surface area (Å²) in [6, 6.07) is 10.9. The SMILES string of the molecule is COc1ccc([C@H]2/C(=C(\O)c3ccc([N+](=O)[O-])cc3)C(=O)C(=O)N2CCCCCC(=O)O)cc1. The monoisotopic (exact) mass is 468 g/mol. The molecule has 10 nitrogen and oxygen atoms in total. The van der Waals surface area contributed by atoms with E-state index >= 15 is 0 Å². The summed E-state index contributed by atoms with van der Waals surface area (Å²) in [6.07, 6.45) is 1.48. The summed E-state index contributed by atoms with van der Waals surface area (Å²) < 4.78 is 5.17. The van der Waals surface area contributed by atoms with Crippen molar-refractivity contribution in [3.05, 3.63) is 75.3 Å². The Morgan fingerprint density at radius 3 is 2.24 bits per heavy atom. The van der Waals surface area contributed by atoms with Crippen LogP contribution >= 0.6 is 0 Å². The highest BCUT2D eigenvalue weighted by molar-refractivity contribution is 6.46. The van der Waals surface area contributed by atoms with Crippen molar-refractivity contribution in [2.75, 3.05) is 13.7 Å². The number of nitrogens with zero attached hydrogens (tertiary/aromatic N) is 2. The third kappa shape index (κ3) is 5.22. The average molecular weight is 468 g/mol. The van der Waals surface area contributed by atoms with Crippen molar-refractivity contribution in [1.82, 2.24) is 4.90 Å². The lowest BCUT2D eigenvalue weighted by molar-refractivity contribution is -0.384. The van der Waals surface area contributed by atoms with Crippen molar-refractivity contribution >= 4 is 29.1 Å². The van der Waals surface area contributed by atoms with E-state index in [1.807, 2.05) is 0 Å². The zero-order valence-corrected chi connectivity index (χ0v) is 18.5. The van der Waals surface area contributed by atoms with Gasteiger partial charge in [0.15, 0.2) is 0 Å². The smallest absolute Gasteiger partial charge is 0.303 e. The molecule has 1 amide bonds. The fraction of sp³-hybridized carbons (Fsp3) is 0.292. The van der Waals surface area contributed by atoms with Gasteiger partial charge in [0.05, 0.1) is 23.6 Å². The second kappa shape index (κ2) is 10.6. The molecular weight excluding hydrogens is 444 g/mol. The maximum atomic E-state index is 13.0. The average Bonchev–Trinajstić information content (AvgIpc) is 3.08. The number of hydrogen-bond acceptors (Lipinski definition) is 7. The molecule has 178 valence electrons. The first-order valence-electron chi connectivity index (χ1n) is 10.6. The first-order valence-corrected chi connectivity index (χ1v) is 10.6. The molecule has 0 aromatic heterocycles. The molecule has 2 aromatic rings. The van der Waals surface area contributed by atoms with Gasteiger partial charge in [-0.2, -0.15) is 0 Å². The lowest BCUT2D eigenvalue weighted by Gasteiger charge is -2.25. The number of nitro benzene ring substituents is 1. The number of aliphatic carboxylic acids is 1. The van der Waals surface area contributed by atoms with Gasteiger partial charge in [0, 0.05) is 30.7 Å². The number of non-ortho nitro benzene ring substituents is 1. The van der Waals surface area contributed by atoms with Gasteiger partial charge in [0.25, 0.3) is 17.4 Å². The van der Waals surface area contributed by atoms with Crippen LogP contribution in [-0.4, -0.2) is 51.4 Å². The molecule has 34 heavy (non-hydrogen) atoms. The highest BCUT2D eigenvalue weighted by Gasteiger charge is 2.45. The minimum absolute atomic E-state index is 0.0148. The van der Waals surface area contributed by atoms with Crippen molar-refractivity contribution in [3.63, 3.8) is 0 Å². The highest BCUT2D eigenvalue weighted by atomic mass is 16.6. The molecule has 0 unspecified atom stereocenters. The number of aliphatic hydroxyl groups is 1. The summed E-state index contributed by atoms with van der Waals surface area (Å²) in [7, 11) is 1.51. The summed E-state index contributed by atoms with van der Waals surface area (Å²) in [5.41, 5.74) is 0.456. The van der Waals surface area contributed by atoms with Gasteiger partial charge in [-0.3, -0.25) is 24.5 Å². The van der Waals surface area contributed by atoms with Crippen molar-refractivity contribution in [1.29, 1.82) is 0 Å². The molecule has 2 aromatic carbocycles. The molecule has 3 rings (SSSR count). The number of nitro groups is 1. The van der Waals surface area contributed by atoms with Crippen LogP contribution in [0.5, 0.6) is 5.75 Å². The number of ether oxygens (including phenoxy) is 1. The van der Waals surface area contributed by atoms with E-state index in [4.69, 9.17) is 9.84 Å². The van der Waals surface area contributed by atoms with Crippen LogP contribution in [0.4, 0.5) is 5.69 Å². The molecule has 0 radical (unpaired) electrons. The molecule has 0 aliphatic carbocycles. The molecule has 10 heteroatoms. The van der Waals surface area contributed by atoms with Gasteiger partial charge in [0.1, 0.15) is 11.5 Å². The van der Waals surface area contributed by atoms with Crippen LogP contribution in [-0.2, 0) is 14.4 Å². The number of likely N-dealkylation sites (tertiary alicyclic amines) is 1. The van der Waals surface area contributed by atoms with Gasteiger partial charge < -0.3 is 19.8 Å². The number of amides is 1. The molecule has 0 bridgehead atoms. The van der Waals surface area contributed by atoms with E-state index in [1.165, 1.54) is 36.3 Å². The number of carboxylic acid groups (broad SMARTS) is 1. The summed E-state index contributed by atoms with van der Waals surface area (Å²) in [4.78, 5) is 48.3. The molecule has 1 saturated heterocycles. The molecule has 0 spiro atoms. The Bertz CT molecular complexity index is 1120. The maximum Gasteiger partial charge on any atom is 0.303 e. The molecule has 1 aliphatic heterocycles. The zero-order valence-electron chi connectivity index (χ0n) is 18.5. The van der Waals surface area contributed by atoms with Crippen molar-refractivity contribution in [3.8, 4) is 5.75 Å². The number of unbranched alkanes of at least 4 members (excludes halogenated alkanes) is 2. The number of carboxylic acids is 1. The first kappa shape index (κ1) is 24.4. The second-order valence-electron chi connectivity index (χ2n) is 7.77. The topological polar surface area (TPSA) is 147 Å². The summed E-state index contributed by atoms with van der Waals surface area (Å²) >= 11 is 0. The number of methoxy groups -OCH3 is 1. The number of hydrogen-bond donors (Lipinski definition) is 2. The van der Waals surface area contributed by atoms with Crippen LogP contribution in [0.25, 0.3) is 5.76 Å². The van der Waals surface area contributed by atoms with Gasteiger partial charge >= 0.3 is 5.97 Å². The van der Waals surface area contributed by atoms with Gasteiger partial charge in [-0.25, -0.2) is 0 Å². The minimum atomic E-state index is -0.901. The fourth-order valence-electron chi connectivity index (χ4n) is 3.88. The fourth-order valence-corrected chi connectivity index (χ4v) is 3.88. The maximum absolute atomic E-state index is 13.0. The second-order valence-corrected chi connectivity index (χ2v) is 7.77. The van der Waals surface area contributed by atoms with Crippen LogP contribution < -0.4 is 4.74 Å². The van der Waals surface area contributed by atoms with Gasteiger partial charge in [-0.1, -0.05) is 18.6 Å². The third-order valence-electron chi connectivity index (χ3n) is 5.61. The van der Waals surface area contributed by atoms with E-state index in [0.717, 1.165) is 0 Å². The Kier molecular flexibility index (Phi) is 7.62. The van der Waals surface area contributed by atoms with E-state index in [0.29, 0.717) is 30.6 Å². The molecule has 0 saturated carbocycles. The van der Waals surface area contributed by atoms with E-state index < -0.39 is 34.4 Å². The van der Waals surface area contributed by atoms with Crippen LogP contribution in [0.1, 0.15) is 42.9 Å². The Morgan fingerprint density at radius 1 is 1.03 bits per heavy atom. The molecule has 1 aliphatic rings. The van der Waals surface area contributed by atoms with Crippen molar-refractivity contribution in [2.45, 2.75) is 31.7 Å². The predicted octanol–water partition coefficient (Wildman–Crippen LogP) is 3.67. The zero-order chi connectivity index (χ0) is 24.8. The molecule has 1 heterocycles. The lowest BCUT2D eigenvalue weighted by Crippen LogP contribution is -2.30. The van der Waals surface area contributed by atoms with Crippen molar-refractivity contribution in [2.24, 2.45) is 0 Å². The molecule has 1 atom stereocenters. The van der Waals surface area contributed by atoms with Gasteiger partial charge in [0.2, 0.25) is 0 Å². The number of rotatable bonds is 10. The predicted molar refractivity (Wildman–Crippen MR) is 121 cm³/mol. The molecule has 1 fully saturated rings. The Labute approximate surface area is 195 Å². The Balaban J connectivity index is 1.98. The van der Waals surface area contributed by atoms with Crippen LogP contribution in [0, 0.1) is 10.1 Å². The van der Waals surface area contributed by atoms with Crippen LogP contribution in [0.15, 0.2) is 54.1 Å². The van der Waals surface area contributed by atoms with E-state index in [-0.39, 0.29) is 29.8 Å². The van der Waals surface area contributed by atoms with Crippen LogP contribution in [0.2, 0.25) is 0 Å².